The van der Waals surface area contributed by atoms with Gasteiger partial charge in [-0.05, 0) is 32.1 Å². The van der Waals surface area contributed by atoms with Gasteiger partial charge in [0.05, 0.1) is 0 Å². The lowest BCUT2D eigenvalue weighted by Crippen LogP contribution is -2.44. The fourth-order valence-corrected chi connectivity index (χ4v) is 2.40. The summed E-state index contributed by atoms with van der Waals surface area (Å²) >= 11 is 0. The maximum atomic E-state index is 11.8. The van der Waals surface area contributed by atoms with Crippen LogP contribution in [0, 0.1) is 6.42 Å². The molecule has 2 unspecified atom stereocenters. The Balaban J connectivity index is 1.93. The van der Waals surface area contributed by atoms with Gasteiger partial charge in [-0.1, -0.05) is 0 Å². The van der Waals surface area contributed by atoms with E-state index in [1.54, 1.807) is 4.90 Å². The van der Waals surface area contributed by atoms with Crippen molar-refractivity contribution in [2.24, 2.45) is 0 Å². The molecule has 0 aliphatic carbocycles. The molecule has 0 saturated carbocycles. The number of rotatable bonds is 2. The minimum absolute atomic E-state index is 0.113. The largest absolute Gasteiger partial charge is 0.447 e. The van der Waals surface area contributed by atoms with E-state index in [1.807, 2.05) is 0 Å². The number of carbonyl (C=O) groups is 1. The van der Waals surface area contributed by atoms with Crippen LogP contribution in [0.25, 0.3) is 0 Å². The molecule has 2 aliphatic heterocycles. The first-order valence-electron chi connectivity index (χ1n) is 5.15. The van der Waals surface area contributed by atoms with Crippen molar-refractivity contribution in [3.63, 3.8) is 0 Å². The van der Waals surface area contributed by atoms with Crippen LogP contribution >= 0.6 is 0 Å². The van der Waals surface area contributed by atoms with Crippen LogP contribution in [0.2, 0.25) is 0 Å². The molecule has 2 fully saturated rings. The molecule has 79 valence electrons. The Morgan fingerprint density at radius 2 is 2.07 bits per heavy atom. The molecule has 14 heavy (non-hydrogen) atoms. The van der Waals surface area contributed by atoms with Crippen molar-refractivity contribution in [2.75, 3.05) is 13.3 Å². The summed E-state index contributed by atoms with van der Waals surface area (Å²) in [6.45, 7) is -0.709. The third-order valence-electron chi connectivity index (χ3n) is 3.01. The number of piperidine rings is 1. The molecule has 2 bridgehead atoms. The van der Waals surface area contributed by atoms with E-state index in [1.165, 1.54) is 0 Å². The van der Waals surface area contributed by atoms with Crippen molar-refractivity contribution in [3.05, 3.63) is 6.42 Å². The fraction of sp³-hybridized carbons (Fsp3) is 0.800. The number of ether oxygens (including phenoxy) is 1. The quantitative estimate of drug-likeness (QED) is 0.681. The molecule has 0 N–H and O–H groups in total. The van der Waals surface area contributed by atoms with Crippen LogP contribution in [-0.4, -0.2) is 36.4 Å². The van der Waals surface area contributed by atoms with E-state index >= 15 is 0 Å². The van der Waals surface area contributed by atoms with Crippen LogP contribution in [0.1, 0.15) is 25.7 Å². The summed E-state index contributed by atoms with van der Waals surface area (Å²) in [5.41, 5.74) is 0. The van der Waals surface area contributed by atoms with Gasteiger partial charge in [-0.3, -0.25) is 0 Å². The van der Waals surface area contributed by atoms with E-state index in [9.17, 15) is 9.18 Å². The minimum atomic E-state index is -0.596. The van der Waals surface area contributed by atoms with Crippen molar-refractivity contribution in [1.82, 2.24) is 4.90 Å². The first-order chi connectivity index (χ1) is 6.83. The van der Waals surface area contributed by atoms with Crippen LogP contribution in [0.5, 0.6) is 0 Å². The number of halogens is 1. The van der Waals surface area contributed by atoms with Gasteiger partial charge >= 0.3 is 6.09 Å². The predicted octanol–water partition coefficient (Wildman–Crippen LogP) is 1.92. The number of amides is 1. The van der Waals surface area contributed by atoms with Gasteiger partial charge in [0.25, 0.3) is 0 Å². The zero-order chi connectivity index (χ0) is 9.97. The van der Waals surface area contributed by atoms with Gasteiger partial charge in [-0.25, -0.2) is 9.18 Å². The first-order valence-corrected chi connectivity index (χ1v) is 5.15. The minimum Gasteiger partial charge on any atom is -0.447 e. The van der Waals surface area contributed by atoms with Gasteiger partial charge in [0.1, 0.15) is 13.3 Å². The van der Waals surface area contributed by atoms with Crippen LogP contribution in [0.3, 0.4) is 0 Å². The first kappa shape index (κ1) is 9.74. The molecule has 3 nitrogen and oxygen atoms in total. The maximum absolute atomic E-state index is 11.8. The highest BCUT2D eigenvalue weighted by molar-refractivity contribution is 5.69. The standard InChI is InChI=1S/C10H15FNO2/c11-6-7-14-10(13)12-8-2-1-3-9(12)5-4-8/h1,8-9H,2-7H2. The average Bonchev–Trinajstić information content (AvgIpc) is 2.45. The SMILES string of the molecule is O=C(OCCF)N1C2C[CH]CC1CC2. The van der Waals surface area contributed by atoms with Gasteiger partial charge < -0.3 is 9.64 Å². The molecule has 0 aromatic heterocycles. The molecule has 2 saturated heterocycles. The second-order valence-electron chi connectivity index (χ2n) is 3.86. The van der Waals surface area contributed by atoms with Crippen LogP contribution in [0.15, 0.2) is 0 Å². The van der Waals surface area contributed by atoms with Crippen molar-refractivity contribution in [2.45, 2.75) is 37.8 Å². The number of hydrogen-bond acceptors (Lipinski definition) is 2. The lowest BCUT2D eigenvalue weighted by atomic mass is 10.0. The van der Waals surface area contributed by atoms with Gasteiger partial charge in [-0.15, -0.1) is 0 Å². The van der Waals surface area contributed by atoms with Crippen molar-refractivity contribution in [1.29, 1.82) is 0 Å². The number of hydrogen-bond donors (Lipinski definition) is 0. The highest BCUT2D eigenvalue weighted by Gasteiger charge is 2.40. The Bertz CT molecular complexity index is 206. The number of carbonyl (C=O) groups excluding carboxylic acids is 1. The molecule has 2 atom stereocenters. The van der Waals surface area contributed by atoms with Crippen molar-refractivity contribution >= 4 is 6.09 Å². The summed E-state index contributed by atoms with van der Waals surface area (Å²) in [5.74, 6) is 0. The fourth-order valence-electron chi connectivity index (χ4n) is 2.40. The number of alkyl halides is 1. The van der Waals surface area contributed by atoms with E-state index < -0.39 is 6.67 Å². The Hall–Kier alpha value is -0.800. The lowest BCUT2D eigenvalue weighted by Gasteiger charge is -2.33. The predicted molar refractivity (Wildman–Crippen MR) is 49.5 cm³/mol. The summed E-state index contributed by atoms with van der Waals surface area (Å²) < 4.78 is 16.6. The van der Waals surface area contributed by atoms with E-state index in [2.05, 4.69) is 6.42 Å². The highest BCUT2D eigenvalue weighted by Crippen LogP contribution is 2.35. The molecule has 2 rings (SSSR count). The molecule has 4 heteroatoms. The van der Waals surface area contributed by atoms with Gasteiger partial charge in [0.2, 0.25) is 0 Å². The smallest absolute Gasteiger partial charge is 0.410 e. The van der Waals surface area contributed by atoms with Crippen molar-refractivity contribution < 1.29 is 13.9 Å². The average molecular weight is 200 g/mol. The Morgan fingerprint density at radius 1 is 1.43 bits per heavy atom. The molecule has 1 amide bonds. The van der Waals surface area contributed by atoms with E-state index in [0.717, 1.165) is 25.7 Å². The molecule has 0 spiro atoms. The van der Waals surface area contributed by atoms with E-state index in [-0.39, 0.29) is 12.7 Å². The van der Waals surface area contributed by atoms with E-state index in [0.29, 0.717) is 12.1 Å². The Labute approximate surface area is 83.2 Å². The molecule has 0 aromatic carbocycles. The lowest BCUT2D eigenvalue weighted by molar-refractivity contribution is 0.0723. The Kier molecular flexibility index (Phi) is 2.89. The second-order valence-corrected chi connectivity index (χ2v) is 3.86. The summed E-state index contributed by atoms with van der Waals surface area (Å²) in [4.78, 5) is 13.3. The summed E-state index contributed by atoms with van der Waals surface area (Å²) in [5, 5.41) is 0. The topological polar surface area (TPSA) is 29.5 Å². The van der Waals surface area contributed by atoms with Crippen LogP contribution in [-0.2, 0) is 4.74 Å². The van der Waals surface area contributed by atoms with E-state index in [4.69, 9.17) is 4.74 Å². The summed E-state index contributed by atoms with van der Waals surface area (Å²) in [7, 11) is 0. The van der Waals surface area contributed by atoms with Gasteiger partial charge in [0.15, 0.2) is 0 Å². The third kappa shape index (κ3) is 1.70. The number of fused-ring (bicyclic) bond motifs is 2. The normalized spacial score (nSPS) is 30.5. The highest BCUT2D eigenvalue weighted by atomic mass is 19.1. The van der Waals surface area contributed by atoms with Gasteiger partial charge in [-0.2, -0.15) is 0 Å². The number of nitrogens with zero attached hydrogens (tertiary/aromatic N) is 1. The molecule has 2 heterocycles. The summed E-state index contributed by atoms with van der Waals surface area (Å²) in [6, 6.07) is 0.613. The monoisotopic (exact) mass is 200 g/mol. The molecule has 1 radical (unpaired) electrons. The van der Waals surface area contributed by atoms with Gasteiger partial charge in [0, 0.05) is 12.1 Å². The molecule has 2 aliphatic rings. The second kappa shape index (κ2) is 4.15. The molecular weight excluding hydrogens is 185 g/mol. The Morgan fingerprint density at radius 3 is 2.64 bits per heavy atom. The zero-order valence-corrected chi connectivity index (χ0v) is 8.12. The van der Waals surface area contributed by atoms with Crippen LogP contribution < -0.4 is 0 Å². The third-order valence-corrected chi connectivity index (χ3v) is 3.01. The molecular formula is C10H15FNO2. The zero-order valence-electron chi connectivity index (χ0n) is 8.12. The van der Waals surface area contributed by atoms with Crippen LogP contribution in [0.4, 0.5) is 9.18 Å². The molecule has 0 aromatic rings. The van der Waals surface area contributed by atoms with Crippen molar-refractivity contribution in [3.8, 4) is 0 Å². The summed E-state index contributed by atoms with van der Waals surface area (Å²) in [6.07, 6.45) is 5.95. The maximum Gasteiger partial charge on any atom is 0.410 e.